The maximum absolute atomic E-state index is 11.6. The Hall–Kier alpha value is -2.60. The number of para-hydroxylation sites is 1. The quantitative estimate of drug-likeness (QED) is 0.487. The van der Waals surface area contributed by atoms with E-state index >= 15 is 0 Å². The highest BCUT2D eigenvalue weighted by atomic mass is 35.5. The molecule has 108 valence electrons. The Balaban J connectivity index is 2.40. The summed E-state index contributed by atoms with van der Waals surface area (Å²) in [6, 6.07) is 10.6. The lowest BCUT2D eigenvalue weighted by Gasteiger charge is -2.08. The zero-order valence-corrected chi connectivity index (χ0v) is 11.7. The number of hydrogen-bond donors (Lipinski definition) is 0. The summed E-state index contributed by atoms with van der Waals surface area (Å²) in [5.74, 6) is -0.191. The standard InChI is InChI=1S/C14H10ClNO5/c1-20-14(17)10-8-9(6-7-12(10)16(18)19)21-13-5-3-2-4-11(13)15/h2-8H,1H3. The number of carbonyl (C=O) groups excluding carboxylic acids is 1. The minimum Gasteiger partial charge on any atom is -0.465 e. The van der Waals surface area contributed by atoms with Gasteiger partial charge in [-0.25, -0.2) is 4.79 Å². The Kier molecular flexibility index (Phi) is 4.39. The van der Waals surface area contributed by atoms with Crippen LogP contribution in [0.5, 0.6) is 11.5 Å². The fourth-order valence-electron chi connectivity index (χ4n) is 1.67. The number of esters is 1. The molecule has 2 aromatic rings. The molecule has 0 aliphatic rings. The van der Waals surface area contributed by atoms with Crippen LogP contribution >= 0.6 is 11.6 Å². The fourth-order valence-corrected chi connectivity index (χ4v) is 1.84. The normalized spacial score (nSPS) is 10.0. The van der Waals surface area contributed by atoms with E-state index in [4.69, 9.17) is 16.3 Å². The Labute approximate surface area is 125 Å². The molecular formula is C14H10ClNO5. The second kappa shape index (κ2) is 6.23. The van der Waals surface area contributed by atoms with Crippen LogP contribution in [0.1, 0.15) is 10.4 Å². The zero-order valence-electron chi connectivity index (χ0n) is 10.9. The smallest absolute Gasteiger partial charge is 0.345 e. The first-order valence-electron chi connectivity index (χ1n) is 5.82. The number of ether oxygens (including phenoxy) is 2. The maximum Gasteiger partial charge on any atom is 0.345 e. The van der Waals surface area contributed by atoms with Crippen LogP contribution in [0.25, 0.3) is 0 Å². The van der Waals surface area contributed by atoms with E-state index in [0.717, 1.165) is 7.11 Å². The van der Waals surface area contributed by atoms with Gasteiger partial charge in [0, 0.05) is 12.1 Å². The summed E-state index contributed by atoms with van der Waals surface area (Å²) < 4.78 is 10.0. The van der Waals surface area contributed by atoms with Gasteiger partial charge in [-0.05, 0) is 18.2 Å². The van der Waals surface area contributed by atoms with Crippen LogP contribution in [-0.2, 0) is 4.74 Å². The number of methoxy groups -OCH3 is 1. The highest BCUT2D eigenvalue weighted by molar-refractivity contribution is 6.32. The third kappa shape index (κ3) is 3.29. The van der Waals surface area contributed by atoms with Gasteiger partial charge in [-0.2, -0.15) is 0 Å². The zero-order chi connectivity index (χ0) is 15.4. The summed E-state index contributed by atoms with van der Waals surface area (Å²) in [5.41, 5.74) is -0.541. The van der Waals surface area contributed by atoms with E-state index in [2.05, 4.69) is 4.74 Å². The summed E-state index contributed by atoms with van der Waals surface area (Å²) in [7, 11) is 1.15. The van der Waals surface area contributed by atoms with Crippen molar-refractivity contribution in [1.29, 1.82) is 0 Å². The monoisotopic (exact) mass is 307 g/mol. The number of nitro groups is 1. The molecule has 21 heavy (non-hydrogen) atoms. The molecule has 0 heterocycles. The maximum atomic E-state index is 11.6. The molecule has 0 aliphatic heterocycles. The molecule has 0 aliphatic carbocycles. The van der Waals surface area contributed by atoms with E-state index < -0.39 is 10.9 Å². The lowest BCUT2D eigenvalue weighted by atomic mass is 10.1. The molecule has 0 unspecified atom stereocenters. The lowest BCUT2D eigenvalue weighted by molar-refractivity contribution is -0.385. The van der Waals surface area contributed by atoms with E-state index in [9.17, 15) is 14.9 Å². The molecular weight excluding hydrogens is 298 g/mol. The van der Waals surface area contributed by atoms with Crippen LogP contribution in [0.2, 0.25) is 5.02 Å². The van der Waals surface area contributed by atoms with Crippen LogP contribution in [0, 0.1) is 10.1 Å². The first kappa shape index (κ1) is 14.8. The third-order valence-electron chi connectivity index (χ3n) is 2.63. The molecule has 6 nitrogen and oxygen atoms in total. The number of nitrogens with zero attached hydrogens (tertiary/aromatic N) is 1. The van der Waals surface area contributed by atoms with Crippen LogP contribution in [0.15, 0.2) is 42.5 Å². The van der Waals surface area contributed by atoms with Crippen LogP contribution in [-0.4, -0.2) is 18.0 Å². The van der Waals surface area contributed by atoms with E-state index in [0.29, 0.717) is 10.8 Å². The third-order valence-corrected chi connectivity index (χ3v) is 2.95. The highest BCUT2D eigenvalue weighted by Crippen LogP contribution is 2.31. The first-order valence-corrected chi connectivity index (χ1v) is 6.20. The van der Waals surface area contributed by atoms with E-state index in [1.54, 1.807) is 24.3 Å². The van der Waals surface area contributed by atoms with Gasteiger partial charge >= 0.3 is 5.97 Å². The summed E-state index contributed by atoms with van der Waals surface area (Å²) in [6.45, 7) is 0. The van der Waals surface area contributed by atoms with Crippen molar-refractivity contribution in [3.63, 3.8) is 0 Å². The molecule has 0 fully saturated rings. The van der Waals surface area contributed by atoms with Gasteiger partial charge in [-0.3, -0.25) is 10.1 Å². The van der Waals surface area contributed by atoms with Gasteiger partial charge in [-0.15, -0.1) is 0 Å². The number of rotatable bonds is 4. The molecule has 0 radical (unpaired) electrons. The molecule has 0 saturated carbocycles. The molecule has 0 atom stereocenters. The molecule has 0 bridgehead atoms. The minimum absolute atomic E-state index is 0.188. The van der Waals surface area contributed by atoms with E-state index in [1.807, 2.05) is 0 Å². The largest absolute Gasteiger partial charge is 0.465 e. The predicted molar refractivity (Wildman–Crippen MR) is 76.0 cm³/mol. The minimum atomic E-state index is -0.814. The van der Waals surface area contributed by atoms with Gasteiger partial charge in [0.25, 0.3) is 5.69 Å². The van der Waals surface area contributed by atoms with Gasteiger partial charge < -0.3 is 9.47 Å². The van der Waals surface area contributed by atoms with Crippen molar-refractivity contribution >= 4 is 23.3 Å². The summed E-state index contributed by atoms with van der Waals surface area (Å²) in [5, 5.41) is 11.3. The molecule has 0 aromatic heterocycles. The fraction of sp³-hybridized carbons (Fsp3) is 0.0714. The van der Waals surface area contributed by atoms with Crippen molar-refractivity contribution in [2.24, 2.45) is 0 Å². The van der Waals surface area contributed by atoms with E-state index in [-0.39, 0.29) is 17.0 Å². The molecule has 0 N–H and O–H groups in total. The molecule has 0 spiro atoms. The molecule has 2 aromatic carbocycles. The average molecular weight is 308 g/mol. The van der Waals surface area contributed by atoms with Crippen molar-refractivity contribution in [1.82, 2.24) is 0 Å². The summed E-state index contributed by atoms with van der Waals surface area (Å²) in [6.07, 6.45) is 0. The number of nitro benzene ring substituents is 1. The first-order chi connectivity index (χ1) is 10.0. The van der Waals surface area contributed by atoms with Gasteiger partial charge in [0.2, 0.25) is 0 Å². The van der Waals surface area contributed by atoms with Crippen molar-refractivity contribution < 1.29 is 19.2 Å². The molecule has 0 saturated heterocycles. The van der Waals surface area contributed by atoms with Gasteiger partial charge in [0.15, 0.2) is 0 Å². The lowest BCUT2D eigenvalue weighted by Crippen LogP contribution is -2.05. The molecule has 0 amide bonds. The molecule has 7 heteroatoms. The summed E-state index contributed by atoms with van der Waals surface area (Å²) >= 11 is 5.96. The number of halogens is 1. The van der Waals surface area contributed by atoms with E-state index in [1.165, 1.54) is 18.2 Å². The molecule has 2 rings (SSSR count). The number of benzene rings is 2. The predicted octanol–water partition coefficient (Wildman–Crippen LogP) is 3.83. The van der Waals surface area contributed by atoms with Crippen molar-refractivity contribution in [2.75, 3.05) is 7.11 Å². The van der Waals surface area contributed by atoms with Crippen LogP contribution in [0.4, 0.5) is 5.69 Å². The Bertz CT molecular complexity index is 702. The van der Waals surface area contributed by atoms with Gasteiger partial charge in [0.1, 0.15) is 17.1 Å². The highest BCUT2D eigenvalue weighted by Gasteiger charge is 2.22. The average Bonchev–Trinajstić information content (AvgIpc) is 2.48. The van der Waals surface area contributed by atoms with Crippen LogP contribution < -0.4 is 4.74 Å². The Morgan fingerprint density at radius 2 is 1.95 bits per heavy atom. The number of hydrogen-bond acceptors (Lipinski definition) is 5. The second-order valence-corrected chi connectivity index (χ2v) is 4.37. The SMILES string of the molecule is COC(=O)c1cc(Oc2ccccc2Cl)ccc1[N+](=O)[O-]. The topological polar surface area (TPSA) is 78.7 Å². The van der Waals surface area contributed by atoms with Crippen molar-refractivity contribution in [2.45, 2.75) is 0 Å². The van der Waals surface area contributed by atoms with Gasteiger partial charge in [-0.1, -0.05) is 23.7 Å². The second-order valence-electron chi connectivity index (χ2n) is 3.96. The van der Waals surface area contributed by atoms with Gasteiger partial charge in [0.05, 0.1) is 17.1 Å². The Morgan fingerprint density at radius 3 is 2.57 bits per heavy atom. The Morgan fingerprint density at radius 1 is 1.24 bits per heavy atom. The number of carbonyl (C=O) groups is 1. The van der Waals surface area contributed by atoms with Crippen molar-refractivity contribution in [3.05, 3.63) is 63.2 Å². The van der Waals surface area contributed by atoms with Crippen LogP contribution in [0.3, 0.4) is 0 Å². The van der Waals surface area contributed by atoms with Crippen molar-refractivity contribution in [3.8, 4) is 11.5 Å². The summed E-state index contributed by atoms with van der Waals surface area (Å²) in [4.78, 5) is 21.8.